The Kier molecular flexibility index (Phi) is 4.26. The summed E-state index contributed by atoms with van der Waals surface area (Å²) >= 11 is 3.83. The first-order valence-corrected chi connectivity index (χ1v) is 8.70. The zero-order chi connectivity index (χ0) is 13.1. The van der Waals surface area contributed by atoms with Crippen LogP contribution in [0.15, 0.2) is 46.0 Å². The first-order chi connectivity index (χ1) is 9.38. The minimum atomic E-state index is 0.476. The summed E-state index contributed by atoms with van der Waals surface area (Å²) in [6.07, 6.45) is 2.36. The molecule has 1 N–H and O–H groups in total. The van der Waals surface area contributed by atoms with Gasteiger partial charge in [0.15, 0.2) is 0 Å². The maximum absolute atomic E-state index is 3.73. The van der Waals surface area contributed by atoms with Crippen LogP contribution in [-0.4, -0.2) is 11.8 Å². The highest BCUT2D eigenvalue weighted by atomic mass is 32.2. The van der Waals surface area contributed by atoms with Gasteiger partial charge < -0.3 is 5.32 Å². The SMILES string of the molecule is CCCNC(c1ccsc1)C1Cc2ccccc2S1. The lowest BCUT2D eigenvalue weighted by Gasteiger charge is -2.23. The van der Waals surface area contributed by atoms with Gasteiger partial charge in [0.1, 0.15) is 0 Å². The zero-order valence-corrected chi connectivity index (χ0v) is 12.8. The molecule has 3 rings (SSSR count). The standard InChI is InChI=1S/C16H19NS2/c1-2-8-17-16(13-7-9-18-11-13)15-10-12-5-3-4-6-14(12)19-15/h3-7,9,11,15-17H,2,8,10H2,1H3. The molecule has 0 saturated carbocycles. The van der Waals surface area contributed by atoms with Crippen molar-refractivity contribution in [3.8, 4) is 0 Å². The third kappa shape index (κ3) is 2.88. The van der Waals surface area contributed by atoms with Crippen molar-refractivity contribution in [1.82, 2.24) is 5.32 Å². The Morgan fingerprint density at radius 3 is 2.95 bits per heavy atom. The van der Waals surface area contributed by atoms with Crippen LogP contribution in [0.2, 0.25) is 0 Å². The van der Waals surface area contributed by atoms with Gasteiger partial charge in [-0.05, 0) is 53.4 Å². The van der Waals surface area contributed by atoms with Crippen LogP contribution < -0.4 is 5.32 Å². The normalized spacial score (nSPS) is 19.3. The van der Waals surface area contributed by atoms with Crippen molar-refractivity contribution in [2.45, 2.75) is 36.0 Å². The van der Waals surface area contributed by atoms with Crippen molar-refractivity contribution in [3.05, 3.63) is 52.2 Å². The van der Waals surface area contributed by atoms with Crippen molar-refractivity contribution >= 4 is 23.1 Å². The second-order valence-corrected chi connectivity index (χ2v) is 7.02. The Morgan fingerprint density at radius 2 is 2.21 bits per heavy atom. The molecule has 2 heterocycles. The van der Waals surface area contributed by atoms with E-state index in [2.05, 4.69) is 53.3 Å². The van der Waals surface area contributed by atoms with E-state index in [1.165, 1.54) is 28.9 Å². The van der Waals surface area contributed by atoms with Crippen LogP contribution >= 0.6 is 23.1 Å². The van der Waals surface area contributed by atoms with Gasteiger partial charge in [0.25, 0.3) is 0 Å². The van der Waals surface area contributed by atoms with Gasteiger partial charge >= 0.3 is 0 Å². The van der Waals surface area contributed by atoms with E-state index in [0.717, 1.165) is 6.54 Å². The van der Waals surface area contributed by atoms with E-state index < -0.39 is 0 Å². The smallest absolute Gasteiger partial charge is 0.0455 e. The van der Waals surface area contributed by atoms with E-state index in [1.54, 1.807) is 11.3 Å². The molecule has 2 atom stereocenters. The number of thiophene rings is 1. The van der Waals surface area contributed by atoms with Crippen molar-refractivity contribution in [1.29, 1.82) is 0 Å². The summed E-state index contributed by atoms with van der Waals surface area (Å²) in [7, 11) is 0. The molecule has 1 aliphatic heterocycles. The molecule has 19 heavy (non-hydrogen) atoms. The number of nitrogens with one attached hydrogen (secondary N) is 1. The fourth-order valence-electron chi connectivity index (χ4n) is 2.61. The maximum atomic E-state index is 3.73. The molecule has 0 aliphatic carbocycles. The quantitative estimate of drug-likeness (QED) is 0.869. The number of rotatable bonds is 5. The summed E-state index contributed by atoms with van der Waals surface area (Å²) in [5.41, 5.74) is 2.96. The Labute approximate surface area is 123 Å². The monoisotopic (exact) mass is 289 g/mol. The minimum Gasteiger partial charge on any atom is -0.309 e. The lowest BCUT2D eigenvalue weighted by Crippen LogP contribution is -2.30. The van der Waals surface area contributed by atoms with E-state index in [4.69, 9.17) is 0 Å². The molecular formula is C16H19NS2. The molecule has 3 heteroatoms. The first-order valence-electron chi connectivity index (χ1n) is 6.88. The molecule has 0 bridgehead atoms. The second-order valence-electron chi connectivity index (χ2n) is 4.96. The number of fused-ring (bicyclic) bond motifs is 1. The summed E-state index contributed by atoms with van der Waals surface area (Å²) in [5, 5.41) is 8.83. The summed E-state index contributed by atoms with van der Waals surface area (Å²) in [5.74, 6) is 0. The molecule has 0 radical (unpaired) electrons. The van der Waals surface area contributed by atoms with E-state index in [1.807, 2.05) is 11.8 Å². The van der Waals surface area contributed by atoms with Crippen LogP contribution in [-0.2, 0) is 6.42 Å². The van der Waals surface area contributed by atoms with Gasteiger partial charge in [0.05, 0.1) is 0 Å². The highest BCUT2D eigenvalue weighted by molar-refractivity contribution is 8.00. The predicted molar refractivity (Wildman–Crippen MR) is 85.1 cm³/mol. The maximum Gasteiger partial charge on any atom is 0.0455 e. The summed E-state index contributed by atoms with van der Waals surface area (Å²) in [6.45, 7) is 3.32. The molecule has 0 spiro atoms. The van der Waals surface area contributed by atoms with Gasteiger partial charge in [-0.15, -0.1) is 11.8 Å². The largest absolute Gasteiger partial charge is 0.309 e. The summed E-state index contributed by atoms with van der Waals surface area (Å²) < 4.78 is 0. The molecule has 100 valence electrons. The molecule has 1 aromatic carbocycles. The number of thioether (sulfide) groups is 1. The van der Waals surface area contributed by atoms with Crippen LogP contribution in [0.3, 0.4) is 0 Å². The zero-order valence-electron chi connectivity index (χ0n) is 11.1. The van der Waals surface area contributed by atoms with Gasteiger partial charge in [0, 0.05) is 16.2 Å². The van der Waals surface area contributed by atoms with E-state index >= 15 is 0 Å². The fourth-order valence-corrected chi connectivity index (χ4v) is 4.75. The Bertz CT molecular complexity index is 496. The predicted octanol–water partition coefficient (Wildman–Crippen LogP) is 4.51. The third-order valence-corrected chi connectivity index (χ3v) is 5.66. The van der Waals surface area contributed by atoms with Crippen molar-refractivity contribution in [2.24, 2.45) is 0 Å². The number of hydrogen-bond acceptors (Lipinski definition) is 3. The highest BCUT2D eigenvalue weighted by Crippen LogP contribution is 2.42. The first kappa shape index (κ1) is 13.2. The minimum absolute atomic E-state index is 0.476. The average Bonchev–Trinajstić information content (AvgIpc) is 3.08. The van der Waals surface area contributed by atoms with Crippen LogP contribution in [0.25, 0.3) is 0 Å². The Morgan fingerprint density at radius 1 is 1.32 bits per heavy atom. The molecule has 2 unspecified atom stereocenters. The molecular weight excluding hydrogens is 270 g/mol. The van der Waals surface area contributed by atoms with Gasteiger partial charge in [-0.2, -0.15) is 11.3 Å². The molecule has 0 saturated heterocycles. The van der Waals surface area contributed by atoms with Crippen LogP contribution in [0.4, 0.5) is 0 Å². The molecule has 1 aliphatic rings. The third-order valence-electron chi connectivity index (χ3n) is 3.56. The van der Waals surface area contributed by atoms with E-state index in [-0.39, 0.29) is 0 Å². The Balaban J connectivity index is 1.79. The Hall–Kier alpha value is -0.770. The second kappa shape index (κ2) is 6.12. The van der Waals surface area contributed by atoms with Crippen LogP contribution in [0.5, 0.6) is 0 Å². The van der Waals surface area contributed by atoms with Gasteiger partial charge in [-0.1, -0.05) is 25.1 Å². The van der Waals surface area contributed by atoms with Crippen LogP contribution in [0, 0.1) is 0 Å². The lowest BCUT2D eigenvalue weighted by atomic mass is 10.0. The van der Waals surface area contributed by atoms with Gasteiger partial charge in [-0.3, -0.25) is 0 Å². The van der Waals surface area contributed by atoms with E-state index in [0.29, 0.717) is 11.3 Å². The van der Waals surface area contributed by atoms with E-state index in [9.17, 15) is 0 Å². The van der Waals surface area contributed by atoms with Gasteiger partial charge in [0.2, 0.25) is 0 Å². The van der Waals surface area contributed by atoms with Gasteiger partial charge in [-0.25, -0.2) is 0 Å². The fraction of sp³-hybridized carbons (Fsp3) is 0.375. The molecule has 0 amide bonds. The molecule has 1 nitrogen and oxygen atoms in total. The average molecular weight is 289 g/mol. The number of hydrogen-bond donors (Lipinski definition) is 1. The van der Waals surface area contributed by atoms with Crippen molar-refractivity contribution in [3.63, 3.8) is 0 Å². The van der Waals surface area contributed by atoms with Crippen molar-refractivity contribution in [2.75, 3.05) is 6.54 Å². The molecule has 2 aromatic rings. The summed E-state index contributed by atoms with van der Waals surface area (Å²) in [6, 6.07) is 11.6. The highest BCUT2D eigenvalue weighted by Gasteiger charge is 2.30. The van der Waals surface area contributed by atoms with Crippen LogP contribution in [0.1, 0.15) is 30.5 Å². The molecule has 1 aromatic heterocycles. The van der Waals surface area contributed by atoms with Crippen molar-refractivity contribution < 1.29 is 0 Å². The number of benzene rings is 1. The topological polar surface area (TPSA) is 12.0 Å². The lowest BCUT2D eigenvalue weighted by molar-refractivity contribution is 0.515. The molecule has 0 fully saturated rings. The summed E-state index contributed by atoms with van der Waals surface area (Å²) in [4.78, 5) is 1.46.